The van der Waals surface area contributed by atoms with Crippen molar-refractivity contribution in [3.05, 3.63) is 71.0 Å². The standard InChI is InChI=1S/C25H29FN2O4/c1-16(2)32-18-12-10-17(11-13-18)23(29)21-22(19-8-5-6-9-20(19)26)28(25(31)24(21)30)15-7-14-27(3)4/h5-6,8-13,16,22,29H,7,14-15H2,1-4H3/b23-21+/t22-/m0/s1. The van der Waals surface area contributed by atoms with Crippen LogP contribution in [0, 0.1) is 5.82 Å². The molecular weight excluding hydrogens is 411 g/mol. The van der Waals surface area contributed by atoms with Crippen LogP contribution in [0.1, 0.15) is 37.4 Å². The SMILES string of the molecule is CC(C)Oc1ccc(/C(O)=C2\C(=O)C(=O)N(CCCN(C)C)[C@H]2c2ccccc2F)cc1. The fourth-order valence-electron chi connectivity index (χ4n) is 3.81. The van der Waals surface area contributed by atoms with Gasteiger partial charge in [0.05, 0.1) is 17.7 Å². The average Bonchev–Trinajstić information content (AvgIpc) is 2.98. The molecule has 1 heterocycles. The number of amides is 1. The van der Waals surface area contributed by atoms with Crippen LogP contribution in [0.15, 0.2) is 54.1 Å². The summed E-state index contributed by atoms with van der Waals surface area (Å²) in [6, 6.07) is 11.6. The molecule has 0 aliphatic carbocycles. The Morgan fingerprint density at radius 3 is 2.38 bits per heavy atom. The van der Waals surface area contributed by atoms with Crippen molar-refractivity contribution in [3.8, 4) is 5.75 Å². The second-order valence-electron chi connectivity index (χ2n) is 8.36. The maximum Gasteiger partial charge on any atom is 0.295 e. The van der Waals surface area contributed by atoms with Gasteiger partial charge in [-0.2, -0.15) is 0 Å². The Bertz CT molecular complexity index is 1010. The Hall–Kier alpha value is -3.19. The molecule has 2 aromatic rings. The van der Waals surface area contributed by atoms with Crippen molar-refractivity contribution in [3.63, 3.8) is 0 Å². The molecule has 170 valence electrons. The van der Waals surface area contributed by atoms with Gasteiger partial charge in [0.25, 0.3) is 11.7 Å². The highest BCUT2D eigenvalue weighted by Crippen LogP contribution is 2.40. The van der Waals surface area contributed by atoms with E-state index < -0.39 is 23.5 Å². The molecule has 0 bridgehead atoms. The van der Waals surface area contributed by atoms with Gasteiger partial charge in [0.1, 0.15) is 17.3 Å². The fraction of sp³-hybridized carbons (Fsp3) is 0.360. The summed E-state index contributed by atoms with van der Waals surface area (Å²) in [5.41, 5.74) is 0.425. The van der Waals surface area contributed by atoms with E-state index in [0.717, 1.165) is 0 Å². The highest BCUT2D eigenvalue weighted by atomic mass is 19.1. The van der Waals surface area contributed by atoms with E-state index in [9.17, 15) is 19.1 Å². The van der Waals surface area contributed by atoms with Gasteiger partial charge in [0, 0.05) is 17.7 Å². The first-order valence-corrected chi connectivity index (χ1v) is 10.7. The molecule has 7 heteroatoms. The minimum atomic E-state index is -0.995. The van der Waals surface area contributed by atoms with Gasteiger partial charge in [-0.15, -0.1) is 0 Å². The van der Waals surface area contributed by atoms with Crippen LogP contribution in [-0.4, -0.2) is 59.9 Å². The third kappa shape index (κ3) is 4.99. The first kappa shape index (κ1) is 23.5. The zero-order valence-corrected chi connectivity index (χ0v) is 18.8. The molecule has 1 saturated heterocycles. The van der Waals surface area contributed by atoms with E-state index in [0.29, 0.717) is 24.3 Å². The van der Waals surface area contributed by atoms with E-state index in [-0.39, 0.29) is 29.5 Å². The maximum absolute atomic E-state index is 14.8. The number of halogens is 1. The number of Topliss-reactive ketones (excluding diaryl/α,β-unsaturated/α-hetero) is 1. The van der Waals surface area contributed by atoms with Crippen LogP contribution in [0.3, 0.4) is 0 Å². The van der Waals surface area contributed by atoms with Crippen LogP contribution >= 0.6 is 0 Å². The van der Waals surface area contributed by atoms with E-state index in [2.05, 4.69) is 0 Å². The first-order chi connectivity index (χ1) is 15.2. The Labute approximate surface area is 187 Å². The molecule has 1 amide bonds. The van der Waals surface area contributed by atoms with Gasteiger partial charge in [-0.3, -0.25) is 9.59 Å². The number of benzene rings is 2. The van der Waals surface area contributed by atoms with Crippen molar-refractivity contribution >= 4 is 17.4 Å². The second-order valence-corrected chi connectivity index (χ2v) is 8.36. The summed E-state index contributed by atoms with van der Waals surface area (Å²) in [5.74, 6) is -1.81. The minimum Gasteiger partial charge on any atom is -0.507 e. The quantitative estimate of drug-likeness (QED) is 0.382. The van der Waals surface area contributed by atoms with Crippen LogP contribution in [0.2, 0.25) is 0 Å². The van der Waals surface area contributed by atoms with Crippen molar-refractivity contribution in [1.29, 1.82) is 0 Å². The number of ether oxygens (including phenoxy) is 1. The lowest BCUT2D eigenvalue weighted by molar-refractivity contribution is -0.140. The smallest absolute Gasteiger partial charge is 0.295 e. The molecule has 0 spiro atoms. The third-order valence-corrected chi connectivity index (χ3v) is 5.24. The number of aliphatic hydroxyl groups is 1. The lowest BCUT2D eigenvalue weighted by atomic mass is 9.95. The number of rotatable bonds is 8. The van der Waals surface area contributed by atoms with E-state index in [1.165, 1.54) is 17.0 Å². The molecular formula is C25H29FN2O4. The fourth-order valence-corrected chi connectivity index (χ4v) is 3.81. The van der Waals surface area contributed by atoms with Gasteiger partial charge < -0.3 is 19.6 Å². The summed E-state index contributed by atoms with van der Waals surface area (Å²) in [7, 11) is 3.82. The summed E-state index contributed by atoms with van der Waals surface area (Å²) < 4.78 is 20.4. The van der Waals surface area contributed by atoms with E-state index in [4.69, 9.17) is 4.74 Å². The molecule has 32 heavy (non-hydrogen) atoms. The molecule has 1 atom stereocenters. The summed E-state index contributed by atoms with van der Waals surface area (Å²) in [4.78, 5) is 29.2. The third-order valence-electron chi connectivity index (χ3n) is 5.24. The van der Waals surface area contributed by atoms with Gasteiger partial charge in [0.2, 0.25) is 0 Å². The number of hydrogen-bond donors (Lipinski definition) is 1. The van der Waals surface area contributed by atoms with Gasteiger partial charge in [0.15, 0.2) is 0 Å². The van der Waals surface area contributed by atoms with Crippen molar-refractivity contribution in [2.45, 2.75) is 32.4 Å². The van der Waals surface area contributed by atoms with Crippen molar-refractivity contribution in [2.75, 3.05) is 27.2 Å². The van der Waals surface area contributed by atoms with Gasteiger partial charge >= 0.3 is 0 Å². The predicted octanol–water partition coefficient (Wildman–Crippen LogP) is 3.99. The zero-order chi connectivity index (χ0) is 23.4. The zero-order valence-electron chi connectivity index (χ0n) is 18.8. The topological polar surface area (TPSA) is 70.1 Å². The molecule has 1 aliphatic rings. The molecule has 0 aromatic heterocycles. The highest BCUT2D eigenvalue weighted by molar-refractivity contribution is 6.46. The maximum atomic E-state index is 14.8. The molecule has 2 aromatic carbocycles. The Kier molecular flexibility index (Phi) is 7.30. The summed E-state index contributed by atoms with van der Waals surface area (Å²) in [6.07, 6.45) is 0.592. The van der Waals surface area contributed by atoms with Crippen LogP contribution in [0.4, 0.5) is 4.39 Å². The molecule has 6 nitrogen and oxygen atoms in total. The predicted molar refractivity (Wildman–Crippen MR) is 121 cm³/mol. The first-order valence-electron chi connectivity index (χ1n) is 10.7. The molecule has 1 fully saturated rings. The average molecular weight is 441 g/mol. The summed E-state index contributed by atoms with van der Waals surface area (Å²) in [5, 5.41) is 11.0. The minimum absolute atomic E-state index is 0.0111. The van der Waals surface area contributed by atoms with Crippen LogP contribution in [-0.2, 0) is 9.59 Å². The molecule has 1 N–H and O–H groups in total. The van der Waals surface area contributed by atoms with Crippen molar-refractivity contribution < 1.29 is 23.8 Å². The monoisotopic (exact) mass is 440 g/mol. The van der Waals surface area contributed by atoms with E-state index >= 15 is 0 Å². The lowest BCUT2D eigenvalue weighted by Crippen LogP contribution is -2.32. The number of likely N-dealkylation sites (tertiary alicyclic amines) is 1. The Morgan fingerprint density at radius 2 is 1.78 bits per heavy atom. The number of carbonyl (C=O) groups excluding carboxylic acids is 2. The molecule has 0 radical (unpaired) electrons. The summed E-state index contributed by atoms with van der Waals surface area (Å²) in [6.45, 7) is 4.77. The Morgan fingerprint density at radius 1 is 1.12 bits per heavy atom. The molecule has 1 aliphatic heterocycles. The van der Waals surface area contributed by atoms with Crippen molar-refractivity contribution in [1.82, 2.24) is 9.80 Å². The number of carbonyl (C=O) groups is 2. The lowest BCUT2D eigenvalue weighted by Gasteiger charge is -2.26. The number of hydrogen-bond acceptors (Lipinski definition) is 5. The highest BCUT2D eigenvalue weighted by Gasteiger charge is 2.46. The molecule has 3 rings (SSSR count). The number of aliphatic hydroxyl groups excluding tert-OH is 1. The van der Waals surface area contributed by atoms with Crippen LogP contribution < -0.4 is 4.74 Å². The molecule has 0 saturated carbocycles. The van der Waals surface area contributed by atoms with Gasteiger partial charge in [-0.1, -0.05) is 18.2 Å². The molecule has 0 unspecified atom stereocenters. The number of nitrogens with zero attached hydrogens (tertiary/aromatic N) is 2. The second kappa shape index (κ2) is 9.96. The van der Waals surface area contributed by atoms with Gasteiger partial charge in [-0.05, 0) is 71.2 Å². The largest absolute Gasteiger partial charge is 0.507 e. The normalized spacial score (nSPS) is 18.1. The van der Waals surface area contributed by atoms with Gasteiger partial charge in [-0.25, -0.2) is 4.39 Å². The Balaban J connectivity index is 2.05. The van der Waals surface area contributed by atoms with Crippen molar-refractivity contribution in [2.24, 2.45) is 0 Å². The van der Waals surface area contributed by atoms with Crippen LogP contribution in [0.25, 0.3) is 5.76 Å². The summed E-state index contributed by atoms with van der Waals surface area (Å²) >= 11 is 0. The van der Waals surface area contributed by atoms with Crippen LogP contribution in [0.5, 0.6) is 5.75 Å². The van der Waals surface area contributed by atoms with E-state index in [1.807, 2.05) is 32.8 Å². The number of ketones is 1. The van der Waals surface area contributed by atoms with E-state index in [1.54, 1.807) is 36.4 Å².